The molecule has 164 valence electrons. The van der Waals surface area contributed by atoms with E-state index in [1.165, 1.54) is 0 Å². The maximum Gasteiger partial charge on any atom is 0.257 e. The number of carbonyl (C=O) groups is 1. The summed E-state index contributed by atoms with van der Waals surface area (Å²) in [6.45, 7) is 0.258. The van der Waals surface area contributed by atoms with Crippen molar-refractivity contribution < 1.29 is 9.53 Å². The van der Waals surface area contributed by atoms with E-state index in [4.69, 9.17) is 32.0 Å². The molecule has 0 saturated carbocycles. The zero-order valence-corrected chi connectivity index (χ0v) is 18.5. The number of nitrogen functional groups attached to an aromatic ring is 1. The zero-order valence-electron chi connectivity index (χ0n) is 17.7. The van der Waals surface area contributed by atoms with Crippen LogP contribution in [0.2, 0.25) is 5.02 Å². The molecule has 1 amide bonds. The summed E-state index contributed by atoms with van der Waals surface area (Å²) in [6, 6.07) is 22.2. The van der Waals surface area contributed by atoms with Crippen LogP contribution in [0.5, 0.6) is 5.75 Å². The minimum Gasteiger partial charge on any atom is -0.497 e. The van der Waals surface area contributed by atoms with E-state index in [1.807, 2.05) is 66.7 Å². The van der Waals surface area contributed by atoms with Gasteiger partial charge in [-0.3, -0.25) is 9.36 Å². The Morgan fingerprint density at radius 2 is 1.67 bits per heavy atom. The normalized spacial score (nSPS) is 11.1. The number of hydrogen-bond donors (Lipinski definition) is 2. The van der Waals surface area contributed by atoms with Gasteiger partial charge in [-0.1, -0.05) is 41.9 Å². The number of amides is 1. The first-order valence-corrected chi connectivity index (χ1v) is 10.7. The zero-order chi connectivity index (χ0) is 22.9. The molecule has 3 aromatic carbocycles. The Hall–Kier alpha value is -4.10. The number of nitrogens with two attached hydrogens (primary N) is 1. The number of hydrogen-bond acceptors (Lipinski definition) is 5. The molecule has 8 heteroatoms. The second kappa shape index (κ2) is 8.44. The van der Waals surface area contributed by atoms with E-state index >= 15 is 0 Å². The molecule has 0 spiro atoms. The van der Waals surface area contributed by atoms with Crippen molar-refractivity contribution in [2.75, 3.05) is 12.8 Å². The quantitative estimate of drug-likeness (QED) is 0.397. The first kappa shape index (κ1) is 20.8. The van der Waals surface area contributed by atoms with Crippen LogP contribution in [-0.2, 0) is 6.54 Å². The van der Waals surface area contributed by atoms with Crippen molar-refractivity contribution in [1.82, 2.24) is 19.9 Å². The summed E-state index contributed by atoms with van der Waals surface area (Å²) in [5, 5.41) is 3.50. The second-order valence-electron chi connectivity index (χ2n) is 7.45. The van der Waals surface area contributed by atoms with Gasteiger partial charge in [-0.2, -0.15) is 0 Å². The summed E-state index contributed by atoms with van der Waals surface area (Å²) >= 11 is 6.24. The van der Waals surface area contributed by atoms with Crippen molar-refractivity contribution in [2.24, 2.45) is 0 Å². The lowest BCUT2D eigenvalue weighted by Crippen LogP contribution is -2.24. The molecule has 0 atom stereocenters. The molecule has 0 bridgehead atoms. The molecule has 0 fully saturated rings. The van der Waals surface area contributed by atoms with E-state index in [0.29, 0.717) is 33.0 Å². The highest BCUT2D eigenvalue weighted by Gasteiger charge is 2.25. The van der Waals surface area contributed by atoms with Gasteiger partial charge in [0.15, 0.2) is 5.65 Å². The minimum absolute atomic E-state index is 0.252. The van der Waals surface area contributed by atoms with Crippen LogP contribution in [0.25, 0.3) is 27.9 Å². The number of benzene rings is 3. The lowest BCUT2D eigenvalue weighted by molar-refractivity contribution is 0.0953. The number of methoxy groups -OCH3 is 1. The number of carbonyl (C=O) groups excluding carboxylic acids is 1. The molecule has 0 aliphatic rings. The van der Waals surface area contributed by atoms with Gasteiger partial charge in [0.05, 0.1) is 18.1 Å². The number of aromatic nitrogens is 3. The van der Waals surface area contributed by atoms with Crippen LogP contribution < -0.4 is 15.8 Å². The third kappa shape index (κ3) is 3.72. The van der Waals surface area contributed by atoms with Crippen LogP contribution in [0.3, 0.4) is 0 Å². The second-order valence-corrected chi connectivity index (χ2v) is 7.86. The highest BCUT2D eigenvalue weighted by Crippen LogP contribution is 2.31. The monoisotopic (exact) mass is 457 g/mol. The summed E-state index contributed by atoms with van der Waals surface area (Å²) in [7, 11) is 1.60. The predicted molar refractivity (Wildman–Crippen MR) is 130 cm³/mol. The third-order valence-corrected chi connectivity index (χ3v) is 5.82. The Morgan fingerprint density at radius 1 is 1.00 bits per heavy atom. The molecule has 5 rings (SSSR count). The highest BCUT2D eigenvalue weighted by molar-refractivity contribution is 6.31. The summed E-state index contributed by atoms with van der Waals surface area (Å²) in [5.41, 5.74) is 10.7. The summed E-state index contributed by atoms with van der Waals surface area (Å²) in [6.07, 6.45) is 0. The van der Waals surface area contributed by atoms with E-state index in [-0.39, 0.29) is 23.8 Å². The Labute approximate surface area is 194 Å². The number of anilines is 1. The summed E-state index contributed by atoms with van der Waals surface area (Å²) < 4.78 is 7.00. The number of rotatable bonds is 5. The molecule has 7 nitrogen and oxygen atoms in total. The minimum atomic E-state index is -0.353. The van der Waals surface area contributed by atoms with Gasteiger partial charge in [0, 0.05) is 17.3 Å². The van der Waals surface area contributed by atoms with Crippen molar-refractivity contribution >= 4 is 45.5 Å². The largest absolute Gasteiger partial charge is 0.497 e. The van der Waals surface area contributed by atoms with Gasteiger partial charge >= 0.3 is 0 Å². The molecule has 0 aliphatic carbocycles. The lowest BCUT2D eigenvalue weighted by Gasteiger charge is -2.09. The molecule has 2 aromatic heterocycles. The number of nitrogens with zero attached hydrogens (tertiary/aromatic N) is 3. The van der Waals surface area contributed by atoms with Crippen molar-refractivity contribution in [3.8, 4) is 11.4 Å². The maximum absolute atomic E-state index is 13.3. The molecule has 5 aromatic rings. The average molecular weight is 458 g/mol. The van der Waals surface area contributed by atoms with E-state index in [2.05, 4.69) is 5.32 Å². The molecular weight excluding hydrogens is 438 g/mol. The van der Waals surface area contributed by atoms with Crippen LogP contribution in [-0.4, -0.2) is 27.6 Å². The maximum atomic E-state index is 13.3. The molecule has 0 aliphatic heterocycles. The Balaban J connectivity index is 1.65. The third-order valence-electron chi connectivity index (χ3n) is 5.45. The molecule has 0 unspecified atom stereocenters. The van der Waals surface area contributed by atoms with Gasteiger partial charge in [-0.05, 0) is 48.0 Å². The number of ether oxygens (including phenoxy) is 1. The van der Waals surface area contributed by atoms with Crippen LogP contribution in [0, 0.1) is 0 Å². The van der Waals surface area contributed by atoms with Gasteiger partial charge in [0.2, 0.25) is 0 Å². The van der Waals surface area contributed by atoms with Gasteiger partial charge in [-0.15, -0.1) is 0 Å². The smallest absolute Gasteiger partial charge is 0.257 e. The van der Waals surface area contributed by atoms with E-state index in [0.717, 1.165) is 11.3 Å². The lowest BCUT2D eigenvalue weighted by atomic mass is 10.2. The summed E-state index contributed by atoms with van der Waals surface area (Å²) in [4.78, 5) is 22.8. The van der Waals surface area contributed by atoms with Gasteiger partial charge < -0.3 is 15.8 Å². The van der Waals surface area contributed by atoms with Gasteiger partial charge in [0.25, 0.3) is 5.91 Å². The van der Waals surface area contributed by atoms with Crippen molar-refractivity contribution in [1.29, 1.82) is 0 Å². The van der Waals surface area contributed by atoms with Crippen molar-refractivity contribution in [2.45, 2.75) is 6.54 Å². The Kier molecular flexibility index (Phi) is 5.32. The average Bonchev–Trinajstić information content (AvgIpc) is 3.12. The van der Waals surface area contributed by atoms with Crippen molar-refractivity contribution in [3.63, 3.8) is 0 Å². The Bertz CT molecular complexity index is 1490. The SMILES string of the molecule is COc1ccc(-n2c(N)c(C(=O)NCc3ccccc3Cl)c3nc4ccccc4nc32)cc1. The van der Waals surface area contributed by atoms with E-state index in [1.54, 1.807) is 17.7 Å². The molecule has 0 radical (unpaired) electrons. The molecule has 0 saturated heterocycles. The predicted octanol–water partition coefficient (Wildman–Crippen LogP) is 4.75. The number of fused-ring (bicyclic) bond motifs is 2. The number of halogens is 1. The van der Waals surface area contributed by atoms with Crippen LogP contribution in [0.1, 0.15) is 15.9 Å². The topological polar surface area (TPSA) is 95.1 Å². The number of para-hydroxylation sites is 2. The fourth-order valence-corrected chi connectivity index (χ4v) is 3.99. The van der Waals surface area contributed by atoms with Crippen LogP contribution in [0.4, 0.5) is 5.82 Å². The first-order valence-electron chi connectivity index (χ1n) is 10.3. The van der Waals surface area contributed by atoms with E-state index < -0.39 is 0 Å². The van der Waals surface area contributed by atoms with Gasteiger partial charge in [-0.25, -0.2) is 9.97 Å². The van der Waals surface area contributed by atoms with E-state index in [9.17, 15) is 4.79 Å². The van der Waals surface area contributed by atoms with Crippen molar-refractivity contribution in [3.05, 3.63) is 88.9 Å². The first-order chi connectivity index (χ1) is 16.1. The Morgan fingerprint density at radius 3 is 2.36 bits per heavy atom. The molecule has 33 heavy (non-hydrogen) atoms. The van der Waals surface area contributed by atoms with Crippen LogP contribution >= 0.6 is 11.6 Å². The fraction of sp³-hybridized carbons (Fsp3) is 0.0800. The fourth-order valence-electron chi connectivity index (χ4n) is 3.78. The standard InChI is InChI=1S/C25H20ClN5O2/c1-33-17-12-10-16(11-13-17)31-23(27)21(25(32)28-14-15-6-2-3-7-18(15)26)22-24(31)30-20-9-5-4-8-19(20)29-22/h2-13H,14,27H2,1H3,(H,28,32). The summed E-state index contributed by atoms with van der Waals surface area (Å²) in [5.74, 6) is 0.611. The van der Waals surface area contributed by atoms with Crippen LogP contribution in [0.15, 0.2) is 72.8 Å². The van der Waals surface area contributed by atoms with Gasteiger partial charge in [0.1, 0.15) is 22.6 Å². The molecule has 3 N–H and O–H groups in total. The highest BCUT2D eigenvalue weighted by atomic mass is 35.5. The molecular formula is C25H20ClN5O2. The number of nitrogens with one attached hydrogen (secondary N) is 1. The molecule has 2 heterocycles.